The number of nitrogens with zero attached hydrogens (tertiary/aromatic N) is 1. The van der Waals surface area contributed by atoms with Gasteiger partial charge in [-0.3, -0.25) is 14.8 Å². The van der Waals surface area contributed by atoms with Crippen molar-refractivity contribution < 1.29 is 18.1 Å². The second-order valence-corrected chi connectivity index (χ2v) is 7.18. The number of nitro groups is 1. The van der Waals surface area contributed by atoms with Crippen LogP contribution in [0.15, 0.2) is 47.4 Å². The van der Waals surface area contributed by atoms with Crippen LogP contribution in [-0.2, 0) is 10.0 Å². The van der Waals surface area contributed by atoms with Gasteiger partial charge < -0.3 is 4.74 Å². The zero-order valence-electron chi connectivity index (χ0n) is 13.5. The molecule has 0 aliphatic heterocycles. The number of hydrogen-bond acceptors (Lipinski definition) is 5. The molecular weight excluding hydrogens is 332 g/mol. The van der Waals surface area contributed by atoms with Crippen LogP contribution in [0, 0.1) is 17.0 Å². The highest BCUT2D eigenvalue weighted by atomic mass is 32.2. The summed E-state index contributed by atoms with van der Waals surface area (Å²) in [6.45, 7) is 5.33. The molecule has 8 heteroatoms. The summed E-state index contributed by atoms with van der Waals surface area (Å²) >= 11 is 0. The van der Waals surface area contributed by atoms with E-state index in [0.29, 0.717) is 17.0 Å². The molecule has 0 fully saturated rings. The Hall–Kier alpha value is -2.61. The number of hydrogen-bond donors (Lipinski definition) is 1. The average molecular weight is 350 g/mol. The summed E-state index contributed by atoms with van der Waals surface area (Å²) in [5.41, 5.74) is 0.502. The maximum absolute atomic E-state index is 12.4. The summed E-state index contributed by atoms with van der Waals surface area (Å²) in [6, 6.07) is 10.2. The highest BCUT2D eigenvalue weighted by Crippen LogP contribution is 2.24. The molecule has 0 atom stereocenters. The van der Waals surface area contributed by atoms with Gasteiger partial charge in [-0.25, -0.2) is 8.42 Å². The molecule has 0 aromatic heterocycles. The Kier molecular flexibility index (Phi) is 5.08. The highest BCUT2D eigenvalue weighted by Gasteiger charge is 2.19. The number of benzene rings is 2. The minimum Gasteiger partial charge on any atom is -0.491 e. The number of nitrogens with one attached hydrogen (secondary N) is 1. The Labute approximate surface area is 140 Å². The molecule has 0 saturated carbocycles. The van der Waals surface area contributed by atoms with Crippen LogP contribution < -0.4 is 9.46 Å². The van der Waals surface area contributed by atoms with Gasteiger partial charge in [0.15, 0.2) is 0 Å². The lowest BCUT2D eigenvalue weighted by molar-refractivity contribution is -0.385. The Morgan fingerprint density at radius 3 is 2.29 bits per heavy atom. The molecule has 2 rings (SSSR count). The minimum atomic E-state index is -3.92. The third-order valence-electron chi connectivity index (χ3n) is 3.17. The van der Waals surface area contributed by atoms with Gasteiger partial charge in [0, 0.05) is 17.3 Å². The van der Waals surface area contributed by atoms with Crippen molar-refractivity contribution >= 4 is 21.4 Å². The maximum atomic E-state index is 12.4. The molecule has 0 unspecified atom stereocenters. The van der Waals surface area contributed by atoms with Gasteiger partial charge in [-0.2, -0.15) is 0 Å². The third kappa shape index (κ3) is 4.23. The monoisotopic (exact) mass is 350 g/mol. The summed E-state index contributed by atoms with van der Waals surface area (Å²) in [4.78, 5) is 10.2. The normalized spacial score (nSPS) is 11.3. The molecule has 1 N–H and O–H groups in total. The van der Waals surface area contributed by atoms with Crippen LogP contribution in [0.2, 0.25) is 0 Å². The van der Waals surface area contributed by atoms with Crippen LogP contribution in [0.1, 0.15) is 19.4 Å². The molecule has 0 bridgehead atoms. The zero-order valence-corrected chi connectivity index (χ0v) is 14.3. The fourth-order valence-corrected chi connectivity index (χ4v) is 3.12. The zero-order chi connectivity index (χ0) is 17.9. The standard InChI is InChI=1S/C16H18N2O5S/c1-11(2)23-14-7-5-13(6-8-14)17-24(21,22)15-9-4-12(3)16(10-15)18(19)20/h4-11,17H,1-3H3. The predicted octanol–water partition coefficient (Wildman–Crippen LogP) is 3.49. The van der Waals surface area contributed by atoms with Crippen LogP contribution in [0.3, 0.4) is 0 Å². The lowest BCUT2D eigenvalue weighted by Crippen LogP contribution is -2.13. The SMILES string of the molecule is Cc1ccc(S(=O)(=O)Nc2ccc(OC(C)C)cc2)cc1[N+](=O)[O-]. The molecule has 0 aliphatic carbocycles. The Morgan fingerprint density at radius 2 is 1.75 bits per heavy atom. The Balaban J connectivity index is 2.25. The van der Waals surface area contributed by atoms with E-state index < -0.39 is 14.9 Å². The number of sulfonamides is 1. The molecule has 0 heterocycles. The van der Waals surface area contributed by atoms with Gasteiger partial charge in [-0.15, -0.1) is 0 Å². The number of anilines is 1. The average Bonchev–Trinajstić information content (AvgIpc) is 2.48. The van der Waals surface area contributed by atoms with Crippen molar-refractivity contribution in [2.75, 3.05) is 4.72 Å². The second kappa shape index (κ2) is 6.88. The number of ether oxygens (including phenoxy) is 1. The molecule has 0 spiro atoms. The van der Waals surface area contributed by atoms with Crippen LogP contribution >= 0.6 is 0 Å². The van der Waals surface area contributed by atoms with E-state index in [1.807, 2.05) is 13.8 Å². The maximum Gasteiger partial charge on any atom is 0.273 e. The second-order valence-electron chi connectivity index (χ2n) is 5.50. The summed E-state index contributed by atoms with van der Waals surface area (Å²) in [5.74, 6) is 0.624. The largest absolute Gasteiger partial charge is 0.491 e. The first-order valence-electron chi connectivity index (χ1n) is 7.23. The van der Waals surface area contributed by atoms with Gasteiger partial charge in [0.05, 0.1) is 15.9 Å². The molecule has 24 heavy (non-hydrogen) atoms. The fourth-order valence-electron chi connectivity index (χ4n) is 2.04. The van der Waals surface area contributed by atoms with Crippen LogP contribution in [0.5, 0.6) is 5.75 Å². The molecule has 0 amide bonds. The summed E-state index contributed by atoms with van der Waals surface area (Å²) in [5, 5.41) is 11.0. The molecule has 128 valence electrons. The van der Waals surface area contributed by atoms with E-state index in [1.54, 1.807) is 31.2 Å². The van der Waals surface area contributed by atoms with Gasteiger partial charge in [0.25, 0.3) is 15.7 Å². The number of nitro benzene ring substituents is 1. The molecule has 2 aromatic carbocycles. The predicted molar refractivity (Wildman–Crippen MR) is 90.8 cm³/mol. The van der Waals surface area contributed by atoms with E-state index in [9.17, 15) is 18.5 Å². The molecule has 0 saturated heterocycles. The molecule has 2 aromatic rings. The van der Waals surface area contributed by atoms with E-state index >= 15 is 0 Å². The lowest BCUT2D eigenvalue weighted by Gasteiger charge is -2.11. The fraction of sp³-hybridized carbons (Fsp3) is 0.250. The van der Waals surface area contributed by atoms with Gasteiger partial charge in [-0.05, 0) is 51.1 Å². The van der Waals surface area contributed by atoms with Crippen molar-refractivity contribution in [1.29, 1.82) is 0 Å². The molecule has 7 nitrogen and oxygen atoms in total. The van der Waals surface area contributed by atoms with Crippen LogP contribution in [0.4, 0.5) is 11.4 Å². The minimum absolute atomic E-state index is 0.0145. The Morgan fingerprint density at radius 1 is 1.12 bits per heavy atom. The molecule has 0 radical (unpaired) electrons. The van der Waals surface area contributed by atoms with E-state index in [1.165, 1.54) is 12.1 Å². The van der Waals surface area contributed by atoms with Gasteiger partial charge in [0.2, 0.25) is 0 Å². The van der Waals surface area contributed by atoms with E-state index in [-0.39, 0.29) is 16.7 Å². The number of rotatable bonds is 6. The summed E-state index contributed by atoms with van der Waals surface area (Å²) in [7, 11) is -3.92. The smallest absolute Gasteiger partial charge is 0.273 e. The third-order valence-corrected chi connectivity index (χ3v) is 4.54. The Bertz CT molecular complexity index is 845. The first-order chi connectivity index (χ1) is 11.2. The van der Waals surface area contributed by atoms with E-state index in [0.717, 1.165) is 6.07 Å². The van der Waals surface area contributed by atoms with Crippen molar-refractivity contribution in [3.63, 3.8) is 0 Å². The van der Waals surface area contributed by atoms with Gasteiger partial charge in [-0.1, -0.05) is 6.07 Å². The van der Waals surface area contributed by atoms with Crippen molar-refractivity contribution in [3.05, 3.63) is 58.1 Å². The quantitative estimate of drug-likeness (QED) is 0.635. The first kappa shape index (κ1) is 17.7. The number of aryl methyl sites for hydroxylation is 1. The summed E-state index contributed by atoms with van der Waals surface area (Å²) in [6.07, 6.45) is 0.0145. The van der Waals surface area contributed by atoms with Crippen molar-refractivity contribution in [1.82, 2.24) is 0 Å². The molecular formula is C16H18N2O5S. The molecule has 0 aliphatic rings. The highest BCUT2D eigenvalue weighted by molar-refractivity contribution is 7.92. The van der Waals surface area contributed by atoms with Crippen molar-refractivity contribution in [2.24, 2.45) is 0 Å². The lowest BCUT2D eigenvalue weighted by atomic mass is 10.2. The van der Waals surface area contributed by atoms with Crippen LogP contribution in [-0.4, -0.2) is 19.4 Å². The summed E-state index contributed by atoms with van der Waals surface area (Å²) < 4.78 is 32.7. The van der Waals surface area contributed by atoms with Crippen molar-refractivity contribution in [2.45, 2.75) is 31.8 Å². The van der Waals surface area contributed by atoms with Crippen LogP contribution in [0.25, 0.3) is 0 Å². The topological polar surface area (TPSA) is 98.5 Å². The van der Waals surface area contributed by atoms with Gasteiger partial charge >= 0.3 is 0 Å². The van der Waals surface area contributed by atoms with E-state index in [2.05, 4.69) is 4.72 Å². The van der Waals surface area contributed by atoms with E-state index in [4.69, 9.17) is 4.74 Å². The van der Waals surface area contributed by atoms with Crippen molar-refractivity contribution in [3.8, 4) is 5.75 Å². The van der Waals surface area contributed by atoms with Gasteiger partial charge in [0.1, 0.15) is 5.75 Å². The first-order valence-corrected chi connectivity index (χ1v) is 8.72.